The number of hydrogen-bond donors (Lipinski definition) is 2. The van der Waals surface area contributed by atoms with Crippen LogP contribution in [0.4, 0.5) is 0 Å². The van der Waals surface area contributed by atoms with Gasteiger partial charge in [-0.2, -0.15) is 0 Å². The maximum absolute atomic E-state index is 11.6. The molecule has 0 aliphatic carbocycles. The van der Waals surface area contributed by atoms with E-state index in [9.17, 15) is 9.59 Å². The molecule has 4 nitrogen and oxygen atoms in total. The van der Waals surface area contributed by atoms with Gasteiger partial charge in [-0.25, -0.2) is 0 Å². The van der Waals surface area contributed by atoms with E-state index >= 15 is 0 Å². The lowest BCUT2D eigenvalue weighted by molar-refractivity contribution is -0.138. The van der Waals surface area contributed by atoms with E-state index in [-0.39, 0.29) is 24.7 Å². The number of carbonyl (C=O) groups is 2. The Hall–Kier alpha value is -1.55. The van der Waals surface area contributed by atoms with Crippen LogP contribution in [-0.2, 0) is 16.0 Å². The Morgan fingerprint density at radius 3 is 2.67 bits per heavy atom. The number of amides is 1. The van der Waals surface area contributed by atoms with Crippen molar-refractivity contribution in [2.75, 3.05) is 6.54 Å². The van der Waals surface area contributed by atoms with Crippen molar-refractivity contribution in [3.8, 4) is 0 Å². The lowest BCUT2D eigenvalue weighted by atomic mass is 10.1. The van der Waals surface area contributed by atoms with Gasteiger partial charge in [0.2, 0.25) is 5.91 Å². The first-order chi connectivity index (χ1) is 8.49. The fourth-order valence-electron chi connectivity index (χ4n) is 1.54. The van der Waals surface area contributed by atoms with Crippen molar-refractivity contribution in [3.05, 3.63) is 34.9 Å². The summed E-state index contributed by atoms with van der Waals surface area (Å²) in [5.41, 5.74) is 0.766. The molecule has 18 heavy (non-hydrogen) atoms. The highest BCUT2D eigenvalue weighted by Gasteiger charge is 2.10. The van der Waals surface area contributed by atoms with Gasteiger partial charge in [0.25, 0.3) is 0 Å². The third kappa shape index (κ3) is 5.19. The summed E-state index contributed by atoms with van der Waals surface area (Å²) in [5.74, 6) is -1.10. The van der Waals surface area contributed by atoms with E-state index in [0.29, 0.717) is 11.6 Å². The Morgan fingerprint density at radius 2 is 2.06 bits per heavy atom. The first-order valence-electron chi connectivity index (χ1n) is 5.71. The monoisotopic (exact) mass is 269 g/mol. The minimum atomic E-state index is -0.858. The molecule has 0 aliphatic rings. The molecule has 1 rings (SSSR count). The summed E-state index contributed by atoms with van der Waals surface area (Å²) >= 11 is 5.94. The summed E-state index contributed by atoms with van der Waals surface area (Å²) in [6.07, 6.45) is 0.256. The Kier molecular flexibility index (Phi) is 5.65. The number of rotatable bonds is 6. The number of hydrogen-bond acceptors (Lipinski definition) is 2. The van der Waals surface area contributed by atoms with E-state index in [1.807, 2.05) is 6.07 Å². The molecule has 1 atom stereocenters. The van der Waals surface area contributed by atoms with E-state index in [0.717, 1.165) is 5.56 Å². The van der Waals surface area contributed by atoms with Crippen LogP contribution in [0.5, 0.6) is 0 Å². The van der Waals surface area contributed by atoms with Crippen LogP contribution in [-0.4, -0.2) is 23.5 Å². The highest BCUT2D eigenvalue weighted by molar-refractivity contribution is 6.31. The molecular formula is C13H16ClNO3. The zero-order valence-corrected chi connectivity index (χ0v) is 10.9. The predicted octanol–water partition coefficient (Wildman–Crippen LogP) is 2.11. The molecule has 2 N–H and O–H groups in total. The smallest absolute Gasteiger partial charge is 0.303 e. The van der Waals surface area contributed by atoms with Crippen molar-refractivity contribution < 1.29 is 14.7 Å². The Bertz CT molecular complexity index is 434. The number of carbonyl (C=O) groups excluding carboxylic acids is 1. The number of carboxylic acid groups (broad SMARTS) is 1. The van der Waals surface area contributed by atoms with E-state index in [1.165, 1.54) is 0 Å². The molecule has 1 aromatic carbocycles. The second-order valence-corrected chi connectivity index (χ2v) is 4.68. The second-order valence-electron chi connectivity index (χ2n) is 4.28. The van der Waals surface area contributed by atoms with E-state index in [2.05, 4.69) is 5.32 Å². The fourth-order valence-corrected chi connectivity index (χ4v) is 1.74. The molecule has 0 bridgehead atoms. The Labute approximate surface area is 111 Å². The topological polar surface area (TPSA) is 66.4 Å². The summed E-state index contributed by atoms with van der Waals surface area (Å²) in [6.45, 7) is 2.14. The van der Waals surface area contributed by atoms with Crippen molar-refractivity contribution in [2.45, 2.75) is 19.8 Å². The summed E-state index contributed by atoms with van der Waals surface area (Å²) in [4.78, 5) is 22.1. The van der Waals surface area contributed by atoms with E-state index < -0.39 is 5.97 Å². The first kappa shape index (κ1) is 14.5. The van der Waals surface area contributed by atoms with Crippen LogP contribution < -0.4 is 5.32 Å². The van der Waals surface area contributed by atoms with Gasteiger partial charge in [0.15, 0.2) is 0 Å². The average Bonchev–Trinajstić information content (AvgIpc) is 2.29. The number of nitrogens with one attached hydrogen (secondary N) is 1. The zero-order valence-electron chi connectivity index (χ0n) is 10.1. The first-order valence-corrected chi connectivity index (χ1v) is 6.08. The van der Waals surface area contributed by atoms with Gasteiger partial charge < -0.3 is 10.4 Å². The van der Waals surface area contributed by atoms with Crippen molar-refractivity contribution in [3.63, 3.8) is 0 Å². The van der Waals surface area contributed by atoms with Crippen molar-refractivity contribution in [1.82, 2.24) is 5.32 Å². The summed E-state index contributed by atoms with van der Waals surface area (Å²) < 4.78 is 0. The predicted molar refractivity (Wildman–Crippen MR) is 69.6 cm³/mol. The molecule has 1 unspecified atom stereocenters. The maximum atomic E-state index is 11.6. The van der Waals surface area contributed by atoms with Gasteiger partial charge in [-0.3, -0.25) is 9.59 Å². The molecule has 98 valence electrons. The molecule has 0 aliphatic heterocycles. The van der Waals surface area contributed by atoms with Crippen LogP contribution in [0.3, 0.4) is 0 Å². The van der Waals surface area contributed by atoms with Gasteiger partial charge in [-0.1, -0.05) is 36.7 Å². The maximum Gasteiger partial charge on any atom is 0.303 e. The average molecular weight is 270 g/mol. The van der Waals surface area contributed by atoms with Crippen LogP contribution in [0.25, 0.3) is 0 Å². The van der Waals surface area contributed by atoms with Crippen molar-refractivity contribution in [1.29, 1.82) is 0 Å². The second kappa shape index (κ2) is 7.01. The molecular weight excluding hydrogens is 254 g/mol. The third-order valence-corrected chi connectivity index (χ3v) is 2.85. The van der Waals surface area contributed by atoms with Crippen molar-refractivity contribution >= 4 is 23.5 Å². The number of aliphatic carboxylic acids is 1. The van der Waals surface area contributed by atoms with Crippen LogP contribution >= 0.6 is 11.6 Å². The van der Waals surface area contributed by atoms with Crippen LogP contribution in [0, 0.1) is 5.92 Å². The standard InChI is InChI=1S/C13H16ClNO3/c1-9(6-13(17)18)8-15-12(16)7-10-4-2-3-5-11(10)14/h2-5,9H,6-8H2,1H3,(H,15,16)(H,17,18). The molecule has 0 heterocycles. The lowest BCUT2D eigenvalue weighted by Gasteiger charge is -2.10. The summed E-state index contributed by atoms with van der Waals surface area (Å²) in [7, 11) is 0. The van der Waals surface area contributed by atoms with Gasteiger partial charge in [0.1, 0.15) is 0 Å². The van der Waals surface area contributed by atoms with Gasteiger partial charge in [0.05, 0.1) is 6.42 Å². The van der Waals surface area contributed by atoms with E-state index in [1.54, 1.807) is 25.1 Å². The zero-order chi connectivity index (χ0) is 13.5. The van der Waals surface area contributed by atoms with Crippen molar-refractivity contribution in [2.24, 2.45) is 5.92 Å². The van der Waals surface area contributed by atoms with E-state index in [4.69, 9.17) is 16.7 Å². The molecule has 1 aromatic rings. The number of benzene rings is 1. The normalized spacial score (nSPS) is 11.9. The van der Waals surface area contributed by atoms with Gasteiger partial charge in [-0.15, -0.1) is 0 Å². The quantitative estimate of drug-likeness (QED) is 0.831. The molecule has 0 saturated carbocycles. The van der Waals surface area contributed by atoms with Gasteiger partial charge in [-0.05, 0) is 17.5 Å². The molecule has 0 radical (unpaired) electrons. The Morgan fingerprint density at radius 1 is 1.39 bits per heavy atom. The third-order valence-electron chi connectivity index (χ3n) is 2.48. The molecule has 1 amide bonds. The Balaban J connectivity index is 2.39. The fraction of sp³-hybridized carbons (Fsp3) is 0.385. The minimum Gasteiger partial charge on any atom is -0.481 e. The molecule has 0 spiro atoms. The number of halogens is 1. The SMILES string of the molecule is CC(CNC(=O)Cc1ccccc1Cl)CC(=O)O. The molecule has 0 aromatic heterocycles. The molecule has 0 saturated heterocycles. The van der Waals surface area contributed by atoms with Gasteiger partial charge in [0, 0.05) is 18.0 Å². The largest absolute Gasteiger partial charge is 0.481 e. The highest BCUT2D eigenvalue weighted by Crippen LogP contribution is 2.15. The number of carboxylic acids is 1. The van der Waals surface area contributed by atoms with Crippen LogP contribution in [0.15, 0.2) is 24.3 Å². The lowest BCUT2D eigenvalue weighted by Crippen LogP contribution is -2.30. The van der Waals surface area contributed by atoms with Gasteiger partial charge >= 0.3 is 5.97 Å². The minimum absolute atomic E-state index is 0.0480. The summed E-state index contributed by atoms with van der Waals surface area (Å²) in [6, 6.07) is 7.15. The molecule has 5 heteroatoms. The van der Waals surface area contributed by atoms with Crippen LogP contribution in [0.1, 0.15) is 18.9 Å². The van der Waals surface area contributed by atoms with Crippen LogP contribution in [0.2, 0.25) is 5.02 Å². The summed E-state index contributed by atoms with van der Waals surface area (Å²) in [5, 5.41) is 11.9. The highest BCUT2D eigenvalue weighted by atomic mass is 35.5. The molecule has 0 fully saturated rings.